The first kappa shape index (κ1) is 9.79. The number of hydrogen-bond acceptors (Lipinski definition) is 0. The molecule has 0 radical (unpaired) electrons. The van der Waals surface area contributed by atoms with Crippen LogP contribution >= 0.6 is 0 Å². The van der Waals surface area contributed by atoms with Crippen molar-refractivity contribution >= 4 is 0 Å². The topological polar surface area (TPSA) is 0 Å². The molecule has 0 aromatic carbocycles. The van der Waals surface area contributed by atoms with Crippen molar-refractivity contribution in [1.29, 1.82) is 0 Å². The highest BCUT2D eigenvalue weighted by molar-refractivity contribution is 5.32. The van der Waals surface area contributed by atoms with Crippen LogP contribution < -0.4 is 0 Å². The normalized spacial score (nSPS) is 20.3. The average molecular weight is 172 g/mol. The molecule has 0 N–H and O–H groups in total. The Labute approximate surface area is 80.7 Å². The minimum atomic E-state index is 0.442. The quantitative estimate of drug-likeness (QED) is 0.566. The van der Waals surface area contributed by atoms with Crippen molar-refractivity contribution in [3.8, 4) is 0 Å². The predicted molar refractivity (Wildman–Crippen MR) is 59.5 cm³/mol. The lowest BCUT2D eigenvalue weighted by atomic mass is 9.89. The summed E-state index contributed by atoms with van der Waals surface area (Å²) >= 11 is 0. The SMILES string of the molecule is C=CCC(=C)CC1C=CC=CC1=C. The lowest BCUT2D eigenvalue weighted by Crippen LogP contribution is -2.01. The molecular formula is C13H16. The number of allylic oxidation sites excluding steroid dienone is 7. The molecule has 1 unspecified atom stereocenters. The molecule has 0 aliphatic heterocycles. The lowest BCUT2D eigenvalue weighted by molar-refractivity contribution is 0.751. The molecule has 1 atom stereocenters. The summed E-state index contributed by atoms with van der Waals surface area (Å²) in [7, 11) is 0. The van der Waals surface area contributed by atoms with E-state index < -0.39 is 0 Å². The van der Waals surface area contributed by atoms with Gasteiger partial charge in [-0.25, -0.2) is 0 Å². The maximum atomic E-state index is 4.00. The van der Waals surface area contributed by atoms with Gasteiger partial charge in [0.25, 0.3) is 0 Å². The Bertz CT molecular complexity index is 276. The molecule has 0 heteroatoms. The van der Waals surface area contributed by atoms with Gasteiger partial charge in [0.1, 0.15) is 0 Å². The summed E-state index contributed by atoms with van der Waals surface area (Å²) in [6, 6.07) is 0. The summed E-state index contributed by atoms with van der Waals surface area (Å²) < 4.78 is 0. The van der Waals surface area contributed by atoms with E-state index in [4.69, 9.17) is 0 Å². The Balaban J connectivity index is 2.49. The summed E-state index contributed by atoms with van der Waals surface area (Å²) in [5.74, 6) is 0.442. The van der Waals surface area contributed by atoms with Crippen LogP contribution in [0.5, 0.6) is 0 Å². The third-order valence-corrected chi connectivity index (χ3v) is 2.18. The molecule has 0 saturated carbocycles. The smallest absolute Gasteiger partial charge is 0.00524 e. The molecule has 13 heavy (non-hydrogen) atoms. The van der Waals surface area contributed by atoms with Gasteiger partial charge in [-0.1, -0.05) is 49.1 Å². The average Bonchev–Trinajstić information content (AvgIpc) is 2.09. The highest BCUT2D eigenvalue weighted by Crippen LogP contribution is 2.24. The molecule has 0 nitrogen and oxygen atoms in total. The van der Waals surface area contributed by atoms with Gasteiger partial charge in [-0.05, 0) is 18.4 Å². The molecule has 0 bridgehead atoms. The molecular weight excluding hydrogens is 156 g/mol. The predicted octanol–water partition coefficient (Wildman–Crippen LogP) is 3.81. The third kappa shape index (κ3) is 2.90. The van der Waals surface area contributed by atoms with Gasteiger partial charge in [0.2, 0.25) is 0 Å². The van der Waals surface area contributed by atoms with Gasteiger partial charge in [0.15, 0.2) is 0 Å². The van der Waals surface area contributed by atoms with Gasteiger partial charge < -0.3 is 0 Å². The molecule has 1 aliphatic rings. The van der Waals surface area contributed by atoms with Crippen molar-refractivity contribution in [1.82, 2.24) is 0 Å². The monoisotopic (exact) mass is 172 g/mol. The summed E-state index contributed by atoms with van der Waals surface area (Å²) in [6.07, 6.45) is 12.1. The van der Waals surface area contributed by atoms with Gasteiger partial charge in [0, 0.05) is 5.92 Å². The van der Waals surface area contributed by atoms with E-state index >= 15 is 0 Å². The van der Waals surface area contributed by atoms with E-state index in [0.29, 0.717) is 5.92 Å². The highest BCUT2D eigenvalue weighted by atomic mass is 14.1. The summed E-state index contributed by atoms with van der Waals surface area (Å²) in [5.41, 5.74) is 2.40. The minimum Gasteiger partial charge on any atom is -0.103 e. The second kappa shape index (κ2) is 4.66. The lowest BCUT2D eigenvalue weighted by Gasteiger charge is -2.16. The first-order chi connectivity index (χ1) is 6.24. The van der Waals surface area contributed by atoms with Crippen molar-refractivity contribution < 1.29 is 0 Å². The fraction of sp³-hybridized carbons (Fsp3) is 0.231. The zero-order valence-electron chi connectivity index (χ0n) is 8.00. The second-order valence-corrected chi connectivity index (χ2v) is 3.37. The fourth-order valence-electron chi connectivity index (χ4n) is 1.42. The van der Waals surface area contributed by atoms with Gasteiger partial charge in [-0.15, -0.1) is 6.58 Å². The van der Waals surface area contributed by atoms with E-state index in [9.17, 15) is 0 Å². The van der Waals surface area contributed by atoms with E-state index in [-0.39, 0.29) is 0 Å². The van der Waals surface area contributed by atoms with Crippen LogP contribution in [0.4, 0.5) is 0 Å². The van der Waals surface area contributed by atoms with Crippen molar-refractivity contribution in [3.63, 3.8) is 0 Å². The van der Waals surface area contributed by atoms with Crippen LogP contribution in [0, 0.1) is 5.92 Å². The van der Waals surface area contributed by atoms with E-state index in [1.165, 1.54) is 11.1 Å². The van der Waals surface area contributed by atoms with Gasteiger partial charge >= 0.3 is 0 Å². The number of hydrogen-bond donors (Lipinski definition) is 0. The Morgan fingerprint density at radius 1 is 1.46 bits per heavy atom. The van der Waals surface area contributed by atoms with Crippen LogP contribution in [0.25, 0.3) is 0 Å². The molecule has 1 aliphatic carbocycles. The van der Waals surface area contributed by atoms with Gasteiger partial charge in [0.05, 0.1) is 0 Å². The highest BCUT2D eigenvalue weighted by Gasteiger charge is 2.09. The van der Waals surface area contributed by atoms with E-state index in [2.05, 4.69) is 38.0 Å². The molecule has 0 spiro atoms. The molecule has 0 fully saturated rings. The molecule has 0 heterocycles. The van der Waals surface area contributed by atoms with Gasteiger partial charge in [-0.2, -0.15) is 0 Å². The Hall–Kier alpha value is -1.30. The van der Waals surface area contributed by atoms with E-state index in [0.717, 1.165) is 12.8 Å². The fourth-order valence-corrected chi connectivity index (χ4v) is 1.42. The van der Waals surface area contributed by atoms with E-state index in [1.54, 1.807) is 0 Å². The first-order valence-corrected chi connectivity index (χ1v) is 4.55. The second-order valence-electron chi connectivity index (χ2n) is 3.37. The maximum absolute atomic E-state index is 4.00. The third-order valence-electron chi connectivity index (χ3n) is 2.18. The number of rotatable bonds is 4. The zero-order valence-corrected chi connectivity index (χ0v) is 8.00. The van der Waals surface area contributed by atoms with E-state index in [1.807, 2.05) is 12.2 Å². The van der Waals surface area contributed by atoms with Crippen LogP contribution in [0.1, 0.15) is 12.8 Å². The minimum absolute atomic E-state index is 0.442. The molecule has 1 rings (SSSR count). The van der Waals surface area contributed by atoms with Crippen molar-refractivity contribution in [2.24, 2.45) is 5.92 Å². The van der Waals surface area contributed by atoms with Crippen LogP contribution in [0.2, 0.25) is 0 Å². The Morgan fingerprint density at radius 3 is 2.85 bits per heavy atom. The van der Waals surface area contributed by atoms with Crippen LogP contribution in [0.3, 0.4) is 0 Å². The molecule has 0 amide bonds. The van der Waals surface area contributed by atoms with Crippen LogP contribution in [-0.2, 0) is 0 Å². The molecule has 0 aromatic heterocycles. The zero-order chi connectivity index (χ0) is 9.68. The standard InChI is InChI=1S/C13H16/c1-4-7-11(2)10-13-9-6-5-8-12(13)3/h4-6,8-9,13H,1-3,7,10H2. The van der Waals surface area contributed by atoms with Gasteiger partial charge in [-0.3, -0.25) is 0 Å². The largest absolute Gasteiger partial charge is 0.103 e. The van der Waals surface area contributed by atoms with Crippen LogP contribution in [0.15, 0.2) is 61.3 Å². The van der Waals surface area contributed by atoms with Crippen molar-refractivity contribution in [3.05, 3.63) is 61.3 Å². The molecule has 0 saturated heterocycles. The first-order valence-electron chi connectivity index (χ1n) is 4.55. The maximum Gasteiger partial charge on any atom is 0.00524 e. The molecule has 0 aromatic rings. The Morgan fingerprint density at radius 2 is 2.23 bits per heavy atom. The van der Waals surface area contributed by atoms with Crippen LogP contribution in [-0.4, -0.2) is 0 Å². The Kier molecular flexibility index (Phi) is 3.51. The van der Waals surface area contributed by atoms with Crippen molar-refractivity contribution in [2.45, 2.75) is 12.8 Å². The van der Waals surface area contributed by atoms with Crippen molar-refractivity contribution in [2.75, 3.05) is 0 Å². The summed E-state index contributed by atoms with van der Waals surface area (Å²) in [5, 5.41) is 0. The molecule has 68 valence electrons. The summed E-state index contributed by atoms with van der Waals surface area (Å²) in [4.78, 5) is 0. The summed E-state index contributed by atoms with van der Waals surface area (Å²) in [6.45, 7) is 11.7.